The Morgan fingerprint density at radius 1 is 1.42 bits per heavy atom. The second kappa shape index (κ2) is 5.40. The van der Waals surface area contributed by atoms with Crippen LogP contribution in [0.25, 0.3) is 0 Å². The molecular weight excluding hydrogens is 264 g/mol. The van der Waals surface area contributed by atoms with Crippen LogP contribution in [0.15, 0.2) is 0 Å². The standard InChI is InChI=1S/C13H24N2O3S/c1-3-13(7-5-8-14-13)12(16)15(4-2)11-6-9-19(17,18)10-11/h11,14H,3-10H2,1-2H3. The molecule has 2 unspecified atom stereocenters. The fourth-order valence-corrected chi connectivity index (χ4v) is 5.04. The number of hydrogen-bond acceptors (Lipinski definition) is 4. The van der Waals surface area contributed by atoms with Gasteiger partial charge in [0.25, 0.3) is 0 Å². The van der Waals surface area contributed by atoms with Gasteiger partial charge in [0.1, 0.15) is 0 Å². The largest absolute Gasteiger partial charge is 0.337 e. The van der Waals surface area contributed by atoms with E-state index in [0.717, 1.165) is 25.8 Å². The molecule has 2 fully saturated rings. The molecule has 2 saturated heterocycles. The van der Waals surface area contributed by atoms with Crippen LogP contribution in [0, 0.1) is 0 Å². The maximum Gasteiger partial charge on any atom is 0.243 e. The lowest BCUT2D eigenvalue weighted by Gasteiger charge is -2.36. The van der Waals surface area contributed by atoms with Gasteiger partial charge in [-0.3, -0.25) is 4.79 Å². The molecule has 0 aromatic heterocycles. The number of hydrogen-bond donors (Lipinski definition) is 1. The molecule has 2 aliphatic rings. The first-order valence-corrected chi connectivity index (χ1v) is 9.03. The minimum atomic E-state index is -2.95. The van der Waals surface area contributed by atoms with E-state index in [1.165, 1.54) is 0 Å². The lowest BCUT2D eigenvalue weighted by molar-refractivity contribution is -0.139. The van der Waals surface area contributed by atoms with Crippen LogP contribution in [0.4, 0.5) is 0 Å². The highest BCUT2D eigenvalue weighted by atomic mass is 32.2. The van der Waals surface area contributed by atoms with Crippen molar-refractivity contribution in [2.75, 3.05) is 24.6 Å². The van der Waals surface area contributed by atoms with Crippen molar-refractivity contribution in [2.24, 2.45) is 0 Å². The number of nitrogens with zero attached hydrogens (tertiary/aromatic N) is 1. The molecule has 0 spiro atoms. The van der Waals surface area contributed by atoms with Crippen molar-refractivity contribution in [3.05, 3.63) is 0 Å². The minimum Gasteiger partial charge on any atom is -0.337 e. The lowest BCUT2D eigenvalue weighted by Crippen LogP contribution is -2.57. The zero-order valence-electron chi connectivity index (χ0n) is 11.8. The fourth-order valence-electron chi connectivity index (χ4n) is 3.31. The van der Waals surface area contributed by atoms with Crippen molar-refractivity contribution in [2.45, 2.75) is 51.1 Å². The number of nitrogens with one attached hydrogen (secondary N) is 1. The molecule has 1 N–H and O–H groups in total. The van der Waals surface area contributed by atoms with Crippen molar-refractivity contribution in [3.8, 4) is 0 Å². The van der Waals surface area contributed by atoms with E-state index in [1.54, 1.807) is 4.90 Å². The van der Waals surface area contributed by atoms with Crippen molar-refractivity contribution in [1.29, 1.82) is 0 Å². The Balaban J connectivity index is 2.15. The molecule has 110 valence electrons. The Hall–Kier alpha value is -0.620. The SMILES string of the molecule is CCN(C(=O)C1(CC)CCCN1)C1CCS(=O)(=O)C1. The van der Waals surface area contributed by atoms with Gasteiger partial charge < -0.3 is 10.2 Å². The Kier molecular flexibility index (Phi) is 4.20. The van der Waals surface area contributed by atoms with Crippen LogP contribution in [0.1, 0.15) is 39.5 Å². The number of likely N-dealkylation sites (N-methyl/N-ethyl adjacent to an activating group) is 1. The Bertz CT molecular complexity index is 441. The third-order valence-electron chi connectivity index (χ3n) is 4.51. The van der Waals surface area contributed by atoms with Gasteiger partial charge in [-0.15, -0.1) is 0 Å². The van der Waals surface area contributed by atoms with E-state index in [2.05, 4.69) is 5.32 Å². The van der Waals surface area contributed by atoms with E-state index < -0.39 is 15.4 Å². The zero-order chi connectivity index (χ0) is 14.1. The van der Waals surface area contributed by atoms with Gasteiger partial charge in [0.05, 0.1) is 17.0 Å². The van der Waals surface area contributed by atoms with Gasteiger partial charge in [0.2, 0.25) is 5.91 Å². The maximum absolute atomic E-state index is 12.8. The van der Waals surface area contributed by atoms with E-state index in [9.17, 15) is 13.2 Å². The molecule has 0 bridgehead atoms. The summed E-state index contributed by atoms with van der Waals surface area (Å²) in [5, 5.41) is 3.34. The molecule has 0 aromatic rings. The highest BCUT2D eigenvalue weighted by Crippen LogP contribution is 2.28. The number of amides is 1. The zero-order valence-corrected chi connectivity index (χ0v) is 12.6. The Morgan fingerprint density at radius 3 is 2.58 bits per heavy atom. The first-order valence-electron chi connectivity index (χ1n) is 7.20. The van der Waals surface area contributed by atoms with Crippen LogP contribution in [0.3, 0.4) is 0 Å². The van der Waals surface area contributed by atoms with Crippen LogP contribution in [-0.4, -0.2) is 55.4 Å². The van der Waals surface area contributed by atoms with E-state index in [0.29, 0.717) is 13.0 Å². The molecule has 1 amide bonds. The molecule has 2 heterocycles. The molecule has 0 radical (unpaired) electrons. The monoisotopic (exact) mass is 288 g/mol. The van der Waals surface area contributed by atoms with Crippen molar-refractivity contribution < 1.29 is 13.2 Å². The summed E-state index contributed by atoms with van der Waals surface area (Å²) in [5.41, 5.74) is -0.456. The lowest BCUT2D eigenvalue weighted by atomic mass is 9.91. The minimum absolute atomic E-state index is 0.0945. The van der Waals surface area contributed by atoms with Crippen LogP contribution in [0.2, 0.25) is 0 Å². The second-order valence-corrected chi connectivity index (χ2v) is 7.84. The first kappa shape index (κ1) is 14.8. The predicted octanol–water partition coefficient (Wildman–Crippen LogP) is 0.554. The van der Waals surface area contributed by atoms with Crippen molar-refractivity contribution in [3.63, 3.8) is 0 Å². The van der Waals surface area contributed by atoms with Gasteiger partial charge in [-0.1, -0.05) is 6.92 Å². The van der Waals surface area contributed by atoms with Crippen LogP contribution in [-0.2, 0) is 14.6 Å². The number of carbonyl (C=O) groups is 1. The summed E-state index contributed by atoms with van der Waals surface area (Å²) in [7, 11) is -2.95. The fraction of sp³-hybridized carbons (Fsp3) is 0.923. The van der Waals surface area contributed by atoms with Crippen molar-refractivity contribution in [1.82, 2.24) is 10.2 Å². The molecule has 0 aliphatic carbocycles. The summed E-state index contributed by atoms with van der Waals surface area (Å²) in [4.78, 5) is 14.6. The quantitative estimate of drug-likeness (QED) is 0.820. The van der Waals surface area contributed by atoms with Crippen LogP contribution >= 0.6 is 0 Å². The highest BCUT2D eigenvalue weighted by Gasteiger charge is 2.44. The average molecular weight is 288 g/mol. The normalized spacial score (nSPS) is 33.5. The summed E-state index contributed by atoms with van der Waals surface area (Å²) in [6, 6.07) is -0.131. The second-order valence-electron chi connectivity index (χ2n) is 5.61. The summed E-state index contributed by atoms with van der Waals surface area (Å²) < 4.78 is 23.2. The average Bonchev–Trinajstić information content (AvgIpc) is 2.97. The molecule has 2 aliphatic heterocycles. The van der Waals surface area contributed by atoms with Gasteiger partial charge >= 0.3 is 0 Å². The molecule has 2 rings (SSSR count). The van der Waals surface area contributed by atoms with E-state index in [1.807, 2.05) is 13.8 Å². The number of sulfone groups is 1. The van der Waals surface area contributed by atoms with Crippen molar-refractivity contribution >= 4 is 15.7 Å². The number of carbonyl (C=O) groups excluding carboxylic acids is 1. The van der Waals surface area contributed by atoms with E-state index in [4.69, 9.17) is 0 Å². The van der Waals surface area contributed by atoms with Gasteiger partial charge in [-0.05, 0) is 39.2 Å². The van der Waals surface area contributed by atoms with Gasteiger partial charge in [-0.25, -0.2) is 8.42 Å². The predicted molar refractivity (Wildman–Crippen MR) is 74.7 cm³/mol. The third-order valence-corrected chi connectivity index (χ3v) is 6.26. The smallest absolute Gasteiger partial charge is 0.243 e. The van der Waals surface area contributed by atoms with E-state index >= 15 is 0 Å². The Labute approximate surface area is 115 Å². The molecule has 19 heavy (non-hydrogen) atoms. The highest BCUT2D eigenvalue weighted by molar-refractivity contribution is 7.91. The first-order chi connectivity index (χ1) is 8.94. The summed E-state index contributed by atoms with van der Waals surface area (Å²) in [6.45, 7) is 5.42. The molecule has 0 saturated carbocycles. The third kappa shape index (κ3) is 2.79. The molecule has 6 heteroatoms. The molecule has 0 aromatic carbocycles. The molecule has 5 nitrogen and oxygen atoms in total. The summed E-state index contributed by atoms with van der Waals surface area (Å²) in [6.07, 6.45) is 3.22. The topological polar surface area (TPSA) is 66.5 Å². The van der Waals surface area contributed by atoms with Gasteiger partial charge in [0.15, 0.2) is 9.84 Å². The molecular formula is C13H24N2O3S. The van der Waals surface area contributed by atoms with Gasteiger partial charge in [0, 0.05) is 12.6 Å². The molecule has 2 atom stereocenters. The number of rotatable bonds is 4. The Morgan fingerprint density at radius 2 is 2.16 bits per heavy atom. The van der Waals surface area contributed by atoms with E-state index in [-0.39, 0.29) is 23.5 Å². The summed E-state index contributed by atoms with van der Waals surface area (Å²) >= 11 is 0. The van der Waals surface area contributed by atoms with Crippen LogP contribution in [0.5, 0.6) is 0 Å². The summed E-state index contributed by atoms with van der Waals surface area (Å²) in [5.74, 6) is 0.442. The van der Waals surface area contributed by atoms with Crippen LogP contribution < -0.4 is 5.32 Å². The maximum atomic E-state index is 12.8. The van der Waals surface area contributed by atoms with Gasteiger partial charge in [-0.2, -0.15) is 0 Å².